The Morgan fingerprint density at radius 2 is 1.97 bits per heavy atom. The molecule has 37 heavy (non-hydrogen) atoms. The van der Waals surface area contributed by atoms with E-state index in [9.17, 15) is 27.1 Å². The zero-order valence-corrected chi connectivity index (χ0v) is 20.4. The van der Waals surface area contributed by atoms with Gasteiger partial charge in [0.1, 0.15) is 5.75 Å². The molecule has 3 N–H and O–H groups in total. The molecule has 0 spiro atoms. The number of hydrogen-bond acceptors (Lipinski definition) is 5. The normalized spacial score (nSPS) is 24.8. The number of pyridine rings is 1. The topological polar surface area (TPSA) is 60.4 Å². The number of piperidine rings is 1. The summed E-state index contributed by atoms with van der Waals surface area (Å²) in [6.45, 7) is 2.35. The summed E-state index contributed by atoms with van der Waals surface area (Å²) in [5.41, 5.74) is 0.952. The van der Waals surface area contributed by atoms with Gasteiger partial charge in [-0.15, -0.1) is 0 Å². The van der Waals surface area contributed by atoms with E-state index in [0.717, 1.165) is 67.0 Å². The molecule has 1 atom stereocenters. The number of aromatic nitrogens is 1. The summed E-state index contributed by atoms with van der Waals surface area (Å²) in [4.78, 5) is 6.71. The van der Waals surface area contributed by atoms with Gasteiger partial charge in [-0.2, -0.15) is 13.2 Å². The van der Waals surface area contributed by atoms with Crippen LogP contribution < -0.4 is 21.1 Å². The van der Waals surface area contributed by atoms with Gasteiger partial charge in [-0.05, 0) is 62.4 Å². The molecular formula is C27H31F5N4O. The van der Waals surface area contributed by atoms with E-state index in [4.69, 9.17) is 0 Å². The number of rotatable bonds is 6. The maximum Gasteiger partial charge on any atom is 0.416 e. The average Bonchev–Trinajstić information content (AvgIpc) is 3.00. The van der Waals surface area contributed by atoms with Gasteiger partial charge < -0.3 is 15.7 Å². The van der Waals surface area contributed by atoms with Crippen LogP contribution in [0.3, 0.4) is 0 Å². The SMILES string of the molecule is Oc1cc(C(F)(F)F)ccc1C1=c2ccncc2=C(NC2CCCN(C3CC(CC(F)F)C3)C2)CCN1. The van der Waals surface area contributed by atoms with Crippen LogP contribution in [0.2, 0.25) is 0 Å². The molecule has 1 aromatic heterocycles. The van der Waals surface area contributed by atoms with Crippen molar-refractivity contribution in [2.24, 2.45) is 5.92 Å². The predicted octanol–water partition coefficient (Wildman–Crippen LogP) is 3.55. The molecule has 0 radical (unpaired) electrons. The molecule has 5 rings (SSSR count). The number of likely N-dealkylation sites (tertiary alicyclic amines) is 1. The van der Waals surface area contributed by atoms with Crippen LogP contribution in [0.15, 0.2) is 36.7 Å². The van der Waals surface area contributed by atoms with E-state index in [2.05, 4.69) is 20.5 Å². The Labute approximate surface area is 212 Å². The smallest absolute Gasteiger partial charge is 0.416 e. The summed E-state index contributed by atoms with van der Waals surface area (Å²) in [6, 6.07) is 5.38. The molecule has 2 aromatic rings. The van der Waals surface area contributed by atoms with Crippen molar-refractivity contribution in [3.8, 4) is 5.75 Å². The van der Waals surface area contributed by atoms with Crippen LogP contribution in [0, 0.1) is 5.92 Å². The second kappa shape index (κ2) is 10.5. The van der Waals surface area contributed by atoms with Crippen LogP contribution in [-0.2, 0) is 6.18 Å². The van der Waals surface area contributed by atoms with Gasteiger partial charge in [0.15, 0.2) is 0 Å². The number of fused-ring (bicyclic) bond motifs is 1. The lowest BCUT2D eigenvalue weighted by molar-refractivity contribution is -0.137. The molecule has 2 fully saturated rings. The van der Waals surface area contributed by atoms with Crippen molar-refractivity contribution < 1.29 is 27.1 Å². The van der Waals surface area contributed by atoms with Crippen LogP contribution in [0.5, 0.6) is 5.75 Å². The highest BCUT2D eigenvalue weighted by molar-refractivity contribution is 5.70. The first kappa shape index (κ1) is 25.8. The lowest BCUT2D eigenvalue weighted by Gasteiger charge is -2.46. The average molecular weight is 523 g/mol. The molecule has 0 bridgehead atoms. The zero-order chi connectivity index (χ0) is 26.2. The molecular weight excluding hydrogens is 491 g/mol. The van der Waals surface area contributed by atoms with E-state index in [0.29, 0.717) is 30.3 Å². The van der Waals surface area contributed by atoms with Gasteiger partial charge in [0.25, 0.3) is 0 Å². The number of nitrogens with zero attached hydrogens (tertiary/aromatic N) is 2. The maximum atomic E-state index is 13.1. The van der Waals surface area contributed by atoms with E-state index < -0.39 is 23.9 Å². The Balaban J connectivity index is 1.40. The van der Waals surface area contributed by atoms with Gasteiger partial charge in [-0.3, -0.25) is 9.88 Å². The summed E-state index contributed by atoms with van der Waals surface area (Å²) >= 11 is 0. The first-order valence-electron chi connectivity index (χ1n) is 12.8. The second-order valence-corrected chi connectivity index (χ2v) is 10.3. The standard InChI is InChI=1S/C27H31F5N4O/c28-25(29)12-16-10-19(11-16)36-9-1-2-18(15-36)35-23-6-8-34-26(20-5-7-33-14-22(20)23)21-4-3-17(13-24(21)37)27(30,31)32/h3-5,7,13-14,16,18-19,25,34-35,37H,1-2,6,8-12,15H2. The van der Waals surface area contributed by atoms with Gasteiger partial charge in [-0.1, -0.05) is 0 Å². The van der Waals surface area contributed by atoms with Crippen molar-refractivity contribution in [3.05, 3.63) is 58.2 Å². The van der Waals surface area contributed by atoms with Gasteiger partial charge in [0, 0.05) is 72.1 Å². The van der Waals surface area contributed by atoms with Crippen LogP contribution in [0.1, 0.15) is 49.7 Å². The summed E-state index contributed by atoms with van der Waals surface area (Å²) in [5, 5.41) is 19.1. The number of nitrogens with one attached hydrogen (secondary N) is 2. The molecule has 1 saturated carbocycles. The fourth-order valence-corrected chi connectivity index (χ4v) is 5.85. The summed E-state index contributed by atoms with van der Waals surface area (Å²) in [5.74, 6) is -0.320. The summed E-state index contributed by atoms with van der Waals surface area (Å²) in [6.07, 6.45) is 0.921. The summed E-state index contributed by atoms with van der Waals surface area (Å²) in [7, 11) is 0. The van der Waals surface area contributed by atoms with Crippen molar-refractivity contribution in [3.63, 3.8) is 0 Å². The number of alkyl halides is 5. The minimum atomic E-state index is -4.54. The third-order valence-electron chi connectivity index (χ3n) is 7.76. The molecule has 3 heterocycles. The number of halogens is 5. The van der Waals surface area contributed by atoms with E-state index in [-0.39, 0.29) is 18.4 Å². The third kappa shape index (κ3) is 5.68. The Morgan fingerprint density at radius 3 is 2.70 bits per heavy atom. The lowest BCUT2D eigenvalue weighted by Crippen LogP contribution is -2.53. The van der Waals surface area contributed by atoms with E-state index >= 15 is 0 Å². The minimum absolute atomic E-state index is 0.00590. The van der Waals surface area contributed by atoms with Crippen molar-refractivity contribution in [2.45, 2.75) is 63.2 Å². The van der Waals surface area contributed by atoms with Crippen LogP contribution in [0.25, 0.3) is 11.4 Å². The highest BCUT2D eigenvalue weighted by Crippen LogP contribution is 2.37. The van der Waals surface area contributed by atoms with Crippen molar-refractivity contribution in [1.29, 1.82) is 0 Å². The van der Waals surface area contributed by atoms with Gasteiger partial charge in [0.2, 0.25) is 6.43 Å². The molecule has 5 nitrogen and oxygen atoms in total. The van der Waals surface area contributed by atoms with Gasteiger partial charge in [-0.25, -0.2) is 8.78 Å². The fraction of sp³-hybridized carbons (Fsp3) is 0.519. The molecule has 200 valence electrons. The molecule has 1 saturated heterocycles. The van der Waals surface area contributed by atoms with Crippen LogP contribution >= 0.6 is 0 Å². The Hall–Kier alpha value is -2.88. The second-order valence-electron chi connectivity index (χ2n) is 10.3. The molecule has 1 aromatic carbocycles. The van der Waals surface area contributed by atoms with Crippen LogP contribution in [0.4, 0.5) is 22.0 Å². The monoisotopic (exact) mass is 522 g/mol. The Bertz CT molecular complexity index is 1240. The lowest BCUT2D eigenvalue weighted by atomic mass is 9.76. The van der Waals surface area contributed by atoms with Crippen molar-refractivity contribution in [1.82, 2.24) is 20.5 Å². The highest BCUT2D eigenvalue weighted by Gasteiger charge is 2.37. The van der Waals surface area contributed by atoms with Crippen molar-refractivity contribution >= 4 is 11.4 Å². The van der Waals surface area contributed by atoms with E-state index in [1.54, 1.807) is 18.5 Å². The Kier molecular flexibility index (Phi) is 7.29. The molecule has 0 amide bonds. The quantitative estimate of drug-likeness (QED) is 0.507. The van der Waals surface area contributed by atoms with Crippen molar-refractivity contribution in [2.75, 3.05) is 19.6 Å². The molecule has 1 unspecified atom stereocenters. The zero-order valence-electron chi connectivity index (χ0n) is 20.4. The van der Waals surface area contributed by atoms with Crippen LogP contribution in [-0.4, -0.2) is 53.1 Å². The largest absolute Gasteiger partial charge is 0.507 e. The molecule has 1 aliphatic carbocycles. The Morgan fingerprint density at radius 1 is 1.16 bits per heavy atom. The fourth-order valence-electron chi connectivity index (χ4n) is 5.85. The van der Waals surface area contributed by atoms with E-state index in [1.165, 1.54) is 6.07 Å². The first-order chi connectivity index (χ1) is 17.7. The maximum absolute atomic E-state index is 13.1. The number of aromatic hydroxyl groups is 1. The molecule has 10 heteroatoms. The highest BCUT2D eigenvalue weighted by atomic mass is 19.4. The third-order valence-corrected chi connectivity index (χ3v) is 7.76. The van der Waals surface area contributed by atoms with Gasteiger partial charge >= 0.3 is 6.18 Å². The number of phenolic OH excluding ortho intramolecular Hbond substituents is 1. The number of benzene rings is 1. The molecule has 3 aliphatic rings. The molecule has 2 aliphatic heterocycles. The number of phenols is 1. The van der Waals surface area contributed by atoms with Gasteiger partial charge in [0.05, 0.1) is 11.3 Å². The first-order valence-corrected chi connectivity index (χ1v) is 12.8. The summed E-state index contributed by atoms with van der Waals surface area (Å²) < 4.78 is 64.7. The van der Waals surface area contributed by atoms with E-state index in [1.807, 2.05) is 0 Å². The predicted molar refractivity (Wildman–Crippen MR) is 130 cm³/mol. The number of hydrogen-bond donors (Lipinski definition) is 3. The minimum Gasteiger partial charge on any atom is -0.507 e.